The summed E-state index contributed by atoms with van der Waals surface area (Å²) >= 11 is 0. The van der Waals surface area contributed by atoms with Crippen LogP contribution in [0.25, 0.3) is 0 Å². The topological polar surface area (TPSA) is 109 Å². The fourth-order valence-corrected chi connectivity index (χ4v) is 3.28. The third-order valence-corrected chi connectivity index (χ3v) is 5.01. The quantitative estimate of drug-likeness (QED) is 0.620. The number of aromatic nitrogens is 2. The van der Waals surface area contributed by atoms with Gasteiger partial charge in [-0.3, -0.25) is 14.4 Å². The first-order valence-corrected chi connectivity index (χ1v) is 9.83. The van der Waals surface area contributed by atoms with Crippen LogP contribution < -0.4 is 0 Å². The van der Waals surface area contributed by atoms with E-state index in [0.29, 0.717) is 83.5 Å². The molecule has 3 heterocycles. The van der Waals surface area contributed by atoms with Crippen LogP contribution in [-0.2, 0) is 32.0 Å². The van der Waals surface area contributed by atoms with Gasteiger partial charge in [-0.2, -0.15) is 4.98 Å². The van der Waals surface area contributed by atoms with E-state index in [-0.39, 0.29) is 5.91 Å². The minimum Gasteiger partial charge on any atom is -0.378 e. The van der Waals surface area contributed by atoms with Gasteiger partial charge in [-0.15, -0.1) is 0 Å². The highest BCUT2D eigenvalue weighted by Gasteiger charge is 2.31. The first-order valence-electron chi connectivity index (χ1n) is 9.83. The van der Waals surface area contributed by atoms with Gasteiger partial charge in [0.15, 0.2) is 5.82 Å². The Morgan fingerprint density at radius 2 is 1.54 bits per heavy atom. The first kappa shape index (κ1) is 20.2. The van der Waals surface area contributed by atoms with Gasteiger partial charge in [0.2, 0.25) is 11.8 Å². The van der Waals surface area contributed by atoms with E-state index in [1.165, 1.54) is 9.80 Å². The molecule has 0 atom stereocenters. The van der Waals surface area contributed by atoms with Crippen molar-refractivity contribution in [2.45, 2.75) is 32.6 Å². The minimum atomic E-state index is -0.489. The number of rotatable bonds is 5. The molecule has 0 N–H and O–H groups in total. The van der Waals surface area contributed by atoms with E-state index in [1.807, 2.05) is 6.92 Å². The number of ether oxygens (including phenoxy) is 1. The summed E-state index contributed by atoms with van der Waals surface area (Å²) in [5.74, 6) is 0.309. The molecule has 1 aromatic rings. The second-order valence-corrected chi connectivity index (χ2v) is 6.89. The number of hydrogen-bond acceptors (Lipinski definition) is 7. The van der Waals surface area contributed by atoms with Crippen LogP contribution in [0, 0.1) is 0 Å². The zero-order valence-corrected chi connectivity index (χ0v) is 16.3. The van der Waals surface area contributed by atoms with Crippen molar-refractivity contribution in [3.05, 3.63) is 11.7 Å². The molecule has 2 saturated heterocycles. The summed E-state index contributed by atoms with van der Waals surface area (Å²) < 4.78 is 10.3. The fraction of sp³-hybridized carbons (Fsp3) is 0.722. The number of hydrogen-bond donors (Lipinski definition) is 0. The van der Waals surface area contributed by atoms with E-state index in [1.54, 1.807) is 4.90 Å². The Bertz CT molecular complexity index is 692. The first-order chi connectivity index (χ1) is 13.6. The Kier molecular flexibility index (Phi) is 6.96. The van der Waals surface area contributed by atoms with Crippen molar-refractivity contribution < 1.29 is 23.6 Å². The van der Waals surface area contributed by atoms with Crippen LogP contribution in [0.15, 0.2) is 4.52 Å². The zero-order chi connectivity index (χ0) is 19.9. The Morgan fingerprint density at radius 1 is 0.929 bits per heavy atom. The second kappa shape index (κ2) is 9.63. The maximum Gasteiger partial charge on any atom is 0.312 e. The SMILES string of the molecule is CCc1noc(CCCC(=O)N2CCN(C(=O)C(=O)N3CCOCC3)CC2)n1. The van der Waals surface area contributed by atoms with Crippen molar-refractivity contribution in [2.75, 3.05) is 52.5 Å². The average molecular weight is 393 g/mol. The summed E-state index contributed by atoms with van der Waals surface area (Å²) in [5.41, 5.74) is 0. The van der Waals surface area contributed by atoms with E-state index in [2.05, 4.69) is 10.1 Å². The Hall–Kier alpha value is -2.49. The lowest BCUT2D eigenvalue weighted by molar-refractivity contribution is -0.155. The van der Waals surface area contributed by atoms with Crippen molar-refractivity contribution in [3.63, 3.8) is 0 Å². The van der Waals surface area contributed by atoms with E-state index in [0.717, 1.165) is 6.42 Å². The summed E-state index contributed by atoms with van der Waals surface area (Å²) in [5, 5.41) is 3.84. The van der Waals surface area contributed by atoms with Crippen LogP contribution in [0.1, 0.15) is 31.5 Å². The molecule has 0 aliphatic carbocycles. The summed E-state index contributed by atoms with van der Waals surface area (Å²) in [4.78, 5) is 46.1. The number of morpholine rings is 1. The predicted octanol–water partition coefficient (Wildman–Crippen LogP) is -0.516. The molecule has 0 unspecified atom stereocenters. The maximum absolute atomic E-state index is 12.4. The predicted molar refractivity (Wildman–Crippen MR) is 97.2 cm³/mol. The molecule has 0 bridgehead atoms. The van der Waals surface area contributed by atoms with Crippen molar-refractivity contribution >= 4 is 17.7 Å². The normalized spacial score (nSPS) is 17.7. The molecule has 0 saturated carbocycles. The molecule has 28 heavy (non-hydrogen) atoms. The fourth-order valence-electron chi connectivity index (χ4n) is 3.28. The third kappa shape index (κ3) is 5.06. The van der Waals surface area contributed by atoms with Gasteiger partial charge in [-0.05, 0) is 6.42 Å². The Balaban J connectivity index is 1.38. The lowest BCUT2D eigenvalue weighted by Gasteiger charge is -2.36. The zero-order valence-electron chi connectivity index (χ0n) is 16.3. The van der Waals surface area contributed by atoms with Crippen LogP contribution in [0.4, 0.5) is 0 Å². The molecular weight excluding hydrogens is 366 g/mol. The molecule has 10 heteroatoms. The Morgan fingerprint density at radius 3 is 2.14 bits per heavy atom. The highest BCUT2D eigenvalue weighted by molar-refractivity contribution is 6.34. The highest BCUT2D eigenvalue weighted by atomic mass is 16.5. The number of piperazine rings is 1. The van der Waals surface area contributed by atoms with Gasteiger partial charge in [0.1, 0.15) is 0 Å². The maximum atomic E-state index is 12.4. The molecular formula is C18H27N5O5. The molecule has 2 aliphatic heterocycles. The van der Waals surface area contributed by atoms with Crippen molar-refractivity contribution in [3.8, 4) is 0 Å². The van der Waals surface area contributed by atoms with E-state index >= 15 is 0 Å². The molecule has 0 spiro atoms. The molecule has 2 aliphatic rings. The summed E-state index contributed by atoms with van der Waals surface area (Å²) in [6.45, 7) is 5.43. The molecule has 0 radical (unpaired) electrons. The molecule has 3 amide bonds. The Labute approximate surface area is 163 Å². The monoisotopic (exact) mass is 393 g/mol. The molecule has 3 rings (SSSR count). The van der Waals surface area contributed by atoms with Crippen LogP contribution in [-0.4, -0.2) is 95.0 Å². The summed E-state index contributed by atoms with van der Waals surface area (Å²) in [7, 11) is 0. The molecule has 10 nitrogen and oxygen atoms in total. The smallest absolute Gasteiger partial charge is 0.312 e. The van der Waals surface area contributed by atoms with Crippen LogP contribution in [0.5, 0.6) is 0 Å². The van der Waals surface area contributed by atoms with Crippen molar-refractivity contribution in [2.24, 2.45) is 0 Å². The lowest BCUT2D eigenvalue weighted by atomic mass is 10.2. The largest absolute Gasteiger partial charge is 0.378 e. The number of amides is 3. The molecule has 1 aromatic heterocycles. The number of carbonyl (C=O) groups excluding carboxylic acids is 3. The van der Waals surface area contributed by atoms with E-state index in [9.17, 15) is 14.4 Å². The van der Waals surface area contributed by atoms with Gasteiger partial charge in [-0.25, -0.2) is 0 Å². The van der Waals surface area contributed by atoms with Crippen LogP contribution in [0.3, 0.4) is 0 Å². The van der Waals surface area contributed by atoms with Gasteiger partial charge >= 0.3 is 11.8 Å². The summed E-state index contributed by atoms with van der Waals surface area (Å²) in [6.07, 6.45) is 2.33. The molecule has 154 valence electrons. The standard InChI is InChI=1S/C18H27N5O5/c1-2-14-19-15(28-20-14)4-3-5-16(24)21-6-8-22(9-7-21)17(25)18(26)23-10-12-27-13-11-23/h2-13H2,1H3. The number of nitrogens with zero attached hydrogens (tertiary/aromatic N) is 5. The minimum absolute atomic E-state index is 0.0434. The van der Waals surface area contributed by atoms with Gasteiger partial charge in [0.25, 0.3) is 0 Å². The van der Waals surface area contributed by atoms with Crippen molar-refractivity contribution in [1.29, 1.82) is 0 Å². The molecule has 0 aromatic carbocycles. The second-order valence-electron chi connectivity index (χ2n) is 6.89. The summed E-state index contributed by atoms with van der Waals surface area (Å²) in [6, 6.07) is 0. The van der Waals surface area contributed by atoms with Crippen LogP contribution >= 0.6 is 0 Å². The number of aryl methyl sites for hydroxylation is 2. The van der Waals surface area contributed by atoms with Gasteiger partial charge in [0.05, 0.1) is 13.2 Å². The van der Waals surface area contributed by atoms with E-state index in [4.69, 9.17) is 9.26 Å². The lowest BCUT2D eigenvalue weighted by Crippen LogP contribution is -2.55. The molecule has 2 fully saturated rings. The highest BCUT2D eigenvalue weighted by Crippen LogP contribution is 2.10. The van der Waals surface area contributed by atoms with E-state index < -0.39 is 11.8 Å². The number of carbonyl (C=O) groups is 3. The average Bonchev–Trinajstić information content (AvgIpc) is 3.21. The third-order valence-electron chi connectivity index (χ3n) is 5.01. The van der Waals surface area contributed by atoms with Gasteiger partial charge in [-0.1, -0.05) is 12.1 Å². The van der Waals surface area contributed by atoms with Gasteiger partial charge < -0.3 is 24.0 Å². The van der Waals surface area contributed by atoms with Gasteiger partial charge in [0, 0.05) is 58.5 Å². The van der Waals surface area contributed by atoms with Crippen LogP contribution in [0.2, 0.25) is 0 Å². The van der Waals surface area contributed by atoms with Crippen molar-refractivity contribution in [1.82, 2.24) is 24.8 Å².